The Bertz CT molecular complexity index is 795. The van der Waals surface area contributed by atoms with E-state index in [1.807, 2.05) is 6.92 Å². The molecule has 7 nitrogen and oxygen atoms in total. The second-order valence-electron chi connectivity index (χ2n) is 5.09. The first kappa shape index (κ1) is 18.3. The zero-order valence-corrected chi connectivity index (χ0v) is 14.3. The first-order valence-electron chi connectivity index (χ1n) is 7.59. The Morgan fingerprint density at radius 3 is 2.72 bits per heavy atom. The van der Waals surface area contributed by atoms with Crippen molar-refractivity contribution in [2.24, 2.45) is 0 Å². The summed E-state index contributed by atoms with van der Waals surface area (Å²) in [6.45, 7) is 2.56. The second kappa shape index (κ2) is 8.74. The van der Waals surface area contributed by atoms with Gasteiger partial charge in [0.05, 0.1) is 11.5 Å². The van der Waals surface area contributed by atoms with Crippen molar-refractivity contribution in [3.8, 4) is 5.75 Å². The Kier molecular flexibility index (Phi) is 6.41. The highest BCUT2D eigenvalue weighted by Crippen LogP contribution is 2.17. The smallest absolute Gasteiger partial charge is 0.271 e. The van der Waals surface area contributed by atoms with Gasteiger partial charge in [-0.2, -0.15) is 0 Å². The summed E-state index contributed by atoms with van der Waals surface area (Å²) in [5.41, 5.74) is 0.747. The molecule has 0 aliphatic carbocycles. The van der Waals surface area contributed by atoms with Crippen LogP contribution in [0.15, 0.2) is 48.5 Å². The fourth-order valence-corrected chi connectivity index (χ4v) is 2.19. The van der Waals surface area contributed by atoms with Crippen molar-refractivity contribution in [2.75, 3.05) is 11.9 Å². The van der Waals surface area contributed by atoms with Crippen LogP contribution in [0.25, 0.3) is 0 Å². The van der Waals surface area contributed by atoms with Gasteiger partial charge in [0.2, 0.25) is 0 Å². The zero-order valence-electron chi connectivity index (χ0n) is 13.5. The monoisotopic (exact) mass is 359 g/mol. The molecule has 0 spiro atoms. The third-order valence-electron chi connectivity index (χ3n) is 3.11. The first-order chi connectivity index (χ1) is 12.0. The van der Waals surface area contributed by atoms with Crippen LogP contribution >= 0.6 is 12.2 Å². The van der Waals surface area contributed by atoms with Gasteiger partial charge in [-0.1, -0.05) is 19.1 Å². The number of carbonyl (C=O) groups is 1. The number of hydrogen-bond acceptors (Lipinski definition) is 5. The number of hydrogen-bond donors (Lipinski definition) is 2. The molecule has 0 heterocycles. The molecule has 0 aromatic heterocycles. The minimum Gasteiger partial charge on any atom is -0.494 e. The number of nitrogens with zero attached hydrogens (tertiary/aromatic N) is 1. The van der Waals surface area contributed by atoms with Gasteiger partial charge in [-0.3, -0.25) is 20.2 Å². The van der Waals surface area contributed by atoms with Crippen LogP contribution in [0.2, 0.25) is 0 Å². The topological polar surface area (TPSA) is 93.5 Å². The van der Waals surface area contributed by atoms with Crippen molar-refractivity contribution in [3.05, 3.63) is 64.2 Å². The molecule has 8 heteroatoms. The van der Waals surface area contributed by atoms with Crippen molar-refractivity contribution in [1.82, 2.24) is 5.32 Å². The highest BCUT2D eigenvalue weighted by molar-refractivity contribution is 7.80. The molecule has 130 valence electrons. The van der Waals surface area contributed by atoms with E-state index >= 15 is 0 Å². The highest BCUT2D eigenvalue weighted by Gasteiger charge is 2.11. The minimum absolute atomic E-state index is 0.0466. The summed E-state index contributed by atoms with van der Waals surface area (Å²) in [4.78, 5) is 22.5. The Balaban J connectivity index is 1.99. The van der Waals surface area contributed by atoms with Crippen LogP contribution in [-0.4, -0.2) is 22.5 Å². The van der Waals surface area contributed by atoms with Crippen LogP contribution in [-0.2, 0) is 0 Å². The first-order valence-corrected chi connectivity index (χ1v) is 8.00. The van der Waals surface area contributed by atoms with E-state index in [2.05, 4.69) is 10.6 Å². The van der Waals surface area contributed by atoms with E-state index in [9.17, 15) is 14.9 Å². The Labute approximate surface area is 150 Å². The van der Waals surface area contributed by atoms with Gasteiger partial charge < -0.3 is 10.1 Å². The quantitative estimate of drug-likeness (QED) is 0.466. The largest absolute Gasteiger partial charge is 0.494 e. The zero-order chi connectivity index (χ0) is 18.2. The van der Waals surface area contributed by atoms with E-state index in [1.54, 1.807) is 30.3 Å². The summed E-state index contributed by atoms with van der Waals surface area (Å²) < 4.78 is 5.49. The maximum Gasteiger partial charge on any atom is 0.271 e. The average Bonchev–Trinajstić information content (AvgIpc) is 2.60. The molecular weight excluding hydrogens is 342 g/mol. The molecule has 2 aromatic rings. The van der Waals surface area contributed by atoms with Gasteiger partial charge in [0.15, 0.2) is 5.11 Å². The number of thiocarbonyl (C=S) groups is 1. The number of amides is 1. The number of carbonyl (C=O) groups excluding carboxylic acids is 1. The van der Waals surface area contributed by atoms with Gasteiger partial charge in [0.25, 0.3) is 11.6 Å². The molecule has 25 heavy (non-hydrogen) atoms. The van der Waals surface area contributed by atoms with E-state index in [0.717, 1.165) is 6.42 Å². The molecule has 2 rings (SSSR count). The number of non-ortho nitro benzene ring substituents is 1. The second-order valence-corrected chi connectivity index (χ2v) is 5.50. The maximum absolute atomic E-state index is 12.2. The van der Waals surface area contributed by atoms with Crippen molar-refractivity contribution in [1.29, 1.82) is 0 Å². The number of anilines is 1. The van der Waals surface area contributed by atoms with Gasteiger partial charge in [-0.15, -0.1) is 0 Å². The molecule has 0 saturated carbocycles. The van der Waals surface area contributed by atoms with E-state index in [1.165, 1.54) is 18.2 Å². The lowest BCUT2D eigenvalue weighted by molar-refractivity contribution is -0.384. The van der Waals surface area contributed by atoms with E-state index in [0.29, 0.717) is 23.6 Å². The summed E-state index contributed by atoms with van der Waals surface area (Å²) >= 11 is 5.08. The fraction of sp³-hybridized carbons (Fsp3) is 0.176. The Morgan fingerprint density at radius 2 is 2.00 bits per heavy atom. The minimum atomic E-state index is -0.505. The number of ether oxygens (including phenoxy) is 1. The number of nitro groups is 1. The average molecular weight is 359 g/mol. The number of nitro benzene ring substituents is 1. The van der Waals surface area contributed by atoms with Gasteiger partial charge in [0, 0.05) is 23.4 Å². The molecule has 2 aromatic carbocycles. The van der Waals surface area contributed by atoms with Gasteiger partial charge in [-0.05, 0) is 42.9 Å². The van der Waals surface area contributed by atoms with E-state index in [4.69, 9.17) is 17.0 Å². The van der Waals surface area contributed by atoms with Gasteiger partial charge in [0.1, 0.15) is 5.75 Å². The van der Waals surface area contributed by atoms with E-state index < -0.39 is 10.8 Å². The van der Waals surface area contributed by atoms with Crippen LogP contribution in [0, 0.1) is 10.1 Å². The predicted molar refractivity (Wildman–Crippen MR) is 99.0 cm³/mol. The molecule has 0 fully saturated rings. The van der Waals surface area contributed by atoms with Crippen LogP contribution < -0.4 is 15.4 Å². The normalized spacial score (nSPS) is 9.96. The predicted octanol–water partition coefficient (Wildman–Crippen LogP) is 3.51. The van der Waals surface area contributed by atoms with Crippen LogP contribution in [0.3, 0.4) is 0 Å². The van der Waals surface area contributed by atoms with Gasteiger partial charge in [-0.25, -0.2) is 0 Å². The van der Waals surface area contributed by atoms with Gasteiger partial charge >= 0.3 is 0 Å². The molecule has 0 bridgehead atoms. The molecule has 0 radical (unpaired) electrons. The Morgan fingerprint density at radius 1 is 1.24 bits per heavy atom. The third kappa shape index (κ3) is 5.54. The molecule has 0 unspecified atom stereocenters. The highest BCUT2D eigenvalue weighted by atomic mass is 32.1. The Hall–Kier alpha value is -3.00. The summed E-state index contributed by atoms with van der Waals surface area (Å²) in [6.07, 6.45) is 0.869. The lowest BCUT2D eigenvalue weighted by Gasteiger charge is -2.10. The third-order valence-corrected chi connectivity index (χ3v) is 3.32. The van der Waals surface area contributed by atoms with Crippen LogP contribution in [0.1, 0.15) is 23.7 Å². The van der Waals surface area contributed by atoms with Crippen molar-refractivity contribution >= 4 is 34.6 Å². The summed E-state index contributed by atoms with van der Waals surface area (Å²) in [6, 6.07) is 12.6. The van der Waals surface area contributed by atoms with Crippen LogP contribution in [0.4, 0.5) is 11.4 Å². The van der Waals surface area contributed by atoms with Crippen molar-refractivity contribution < 1.29 is 14.5 Å². The van der Waals surface area contributed by atoms with E-state index in [-0.39, 0.29) is 10.8 Å². The summed E-state index contributed by atoms with van der Waals surface area (Å²) in [5.74, 6) is 0.206. The molecule has 0 aliphatic heterocycles. The van der Waals surface area contributed by atoms with Crippen molar-refractivity contribution in [3.63, 3.8) is 0 Å². The van der Waals surface area contributed by atoms with Crippen LogP contribution in [0.5, 0.6) is 5.75 Å². The molecule has 1 amide bonds. The maximum atomic E-state index is 12.2. The molecule has 0 atom stereocenters. The number of rotatable bonds is 6. The number of benzene rings is 2. The molecule has 0 saturated heterocycles. The summed E-state index contributed by atoms with van der Waals surface area (Å²) in [5, 5.41) is 16.1. The lowest BCUT2D eigenvalue weighted by atomic mass is 10.2. The standard InChI is InChI=1S/C17H17N3O4S/c1-2-9-24-15-8-3-5-12(10-15)16(21)19-17(25)18-13-6-4-7-14(11-13)20(22)23/h3-8,10-11H,2,9H2,1H3,(H2,18,19,21,25). The fourth-order valence-electron chi connectivity index (χ4n) is 1.98. The lowest BCUT2D eigenvalue weighted by Crippen LogP contribution is -2.34. The molecular formula is C17H17N3O4S. The number of nitrogens with one attached hydrogen (secondary N) is 2. The molecule has 0 aliphatic rings. The van der Waals surface area contributed by atoms with Crippen molar-refractivity contribution in [2.45, 2.75) is 13.3 Å². The summed E-state index contributed by atoms with van der Waals surface area (Å²) in [7, 11) is 0. The SMILES string of the molecule is CCCOc1cccc(C(=O)NC(=S)Nc2cccc([N+](=O)[O-])c2)c1. The molecule has 2 N–H and O–H groups in total.